The lowest BCUT2D eigenvalue weighted by Crippen LogP contribution is -2.99. The predicted molar refractivity (Wildman–Crippen MR) is 109 cm³/mol. The van der Waals surface area contributed by atoms with Crippen molar-refractivity contribution in [2.24, 2.45) is 0 Å². The minimum Gasteiger partial charge on any atom is -0.595 e. The fourth-order valence-corrected chi connectivity index (χ4v) is 4.94. The van der Waals surface area contributed by atoms with Crippen LogP contribution in [0.15, 0.2) is 63.2 Å². The molecule has 0 aliphatic carbocycles. The van der Waals surface area contributed by atoms with E-state index in [0.29, 0.717) is 21.2 Å². The first-order valence-corrected chi connectivity index (χ1v) is 9.67. The van der Waals surface area contributed by atoms with Gasteiger partial charge in [0.2, 0.25) is 5.69 Å². The van der Waals surface area contributed by atoms with Crippen LogP contribution in [0.1, 0.15) is 10.4 Å². The Kier molecular flexibility index (Phi) is 6.02. The van der Waals surface area contributed by atoms with Crippen LogP contribution in [0, 0.1) is 5.21 Å². The summed E-state index contributed by atoms with van der Waals surface area (Å²) >= 11 is 8.78. The largest absolute Gasteiger partial charge is 0.595 e. The first-order chi connectivity index (χ1) is 12.5. The lowest BCUT2D eigenvalue weighted by atomic mass is 10.1. The summed E-state index contributed by atoms with van der Waals surface area (Å²) in [4.78, 5) is 13.5. The van der Waals surface area contributed by atoms with Crippen LogP contribution in [0.5, 0.6) is 0 Å². The topological polar surface area (TPSA) is 68.7 Å². The van der Waals surface area contributed by atoms with Gasteiger partial charge in [-0.3, -0.25) is 0 Å². The van der Waals surface area contributed by atoms with Crippen LogP contribution in [-0.2, 0) is 0 Å². The van der Waals surface area contributed by atoms with Gasteiger partial charge in [0, 0.05) is 28.9 Å². The zero-order valence-corrected chi connectivity index (χ0v) is 16.8. The Labute approximate surface area is 174 Å². The van der Waals surface area contributed by atoms with E-state index in [1.165, 1.54) is 29.2 Å². The summed E-state index contributed by atoms with van der Waals surface area (Å²) in [5, 5.41) is 21.9. The minimum absolute atomic E-state index is 0. The van der Waals surface area contributed by atoms with Crippen molar-refractivity contribution in [1.29, 1.82) is 0 Å². The fourth-order valence-electron chi connectivity index (χ4n) is 2.63. The van der Waals surface area contributed by atoms with Gasteiger partial charge in [-0.1, -0.05) is 41.1 Å². The van der Waals surface area contributed by atoms with E-state index in [1.54, 1.807) is 34.9 Å². The molecule has 3 aromatic rings. The molecule has 1 aliphatic rings. The average molecular weight is 440 g/mol. The Hall–Kier alpha value is -1.71. The van der Waals surface area contributed by atoms with Crippen molar-refractivity contribution < 1.29 is 19.8 Å². The number of allylic oxidation sites excluding steroid dienone is 1. The number of rotatable bonds is 3. The van der Waals surface area contributed by atoms with E-state index >= 15 is 0 Å². The monoisotopic (exact) mass is 439 g/mol. The van der Waals surface area contributed by atoms with E-state index < -0.39 is 5.23 Å². The molecule has 0 spiro atoms. The maximum absolute atomic E-state index is 12.9. The number of hydrogen-bond donors (Lipinski definition) is 2. The highest BCUT2D eigenvalue weighted by atomic mass is 35.5. The van der Waals surface area contributed by atoms with E-state index in [-0.39, 0.29) is 24.0 Å². The van der Waals surface area contributed by atoms with Gasteiger partial charge in [-0.15, -0.1) is 17.0 Å². The highest BCUT2D eigenvalue weighted by Gasteiger charge is 2.40. The number of nitrogens with one attached hydrogen (secondary N) is 1. The van der Waals surface area contributed by atoms with Crippen molar-refractivity contribution in [3.63, 3.8) is 0 Å². The smallest absolute Gasteiger partial charge is 0.433 e. The maximum Gasteiger partial charge on any atom is 0.433 e. The average Bonchev–Trinajstić information content (AvgIpc) is 3.18. The van der Waals surface area contributed by atoms with Gasteiger partial charge in [-0.05, 0) is 29.8 Å². The number of thioether (sulfide) groups is 1. The molecule has 138 valence electrons. The summed E-state index contributed by atoms with van der Waals surface area (Å²) in [5.74, 6) is -0.114. The highest BCUT2D eigenvalue weighted by molar-refractivity contribution is 8.05. The minimum atomic E-state index is -0.993. The Balaban J connectivity index is 0.00000210. The molecule has 0 saturated heterocycles. The van der Waals surface area contributed by atoms with Crippen molar-refractivity contribution in [3.8, 4) is 11.3 Å². The standard InChI is InChI=1S/C18H12ClN2O3S2.ClH/c19-13-6-4-11(5-7-13)8-16-17(22)20-15(10-25-18(20)26-16)12-2-1-3-14(9-12)21(23)24;/h1-10,21,23H;1H/q+1;/b16-8-;. The van der Waals surface area contributed by atoms with E-state index in [0.717, 1.165) is 9.90 Å². The first kappa shape index (κ1) is 20.0. The van der Waals surface area contributed by atoms with Crippen molar-refractivity contribution in [3.05, 3.63) is 74.6 Å². The van der Waals surface area contributed by atoms with E-state index in [2.05, 4.69) is 0 Å². The number of benzene rings is 2. The van der Waals surface area contributed by atoms with Gasteiger partial charge in [0.15, 0.2) is 5.69 Å². The first-order valence-electron chi connectivity index (χ1n) is 7.60. The molecular formula is C18H13Cl2N2O3S2+. The van der Waals surface area contributed by atoms with Gasteiger partial charge < -0.3 is 5.21 Å². The Morgan fingerprint density at radius 2 is 1.93 bits per heavy atom. The van der Waals surface area contributed by atoms with Crippen LogP contribution in [-0.4, -0.2) is 11.1 Å². The number of halogens is 2. The molecule has 1 unspecified atom stereocenters. The van der Waals surface area contributed by atoms with Crippen LogP contribution in [0.2, 0.25) is 5.02 Å². The molecule has 0 amide bonds. The second kappa shape index (κ2) is 8.12. The van der Waals surface area contributed by atoms with E-state index in [1.807, 2.05) is 23.6 Å². The van der Waals surface area contributed by atoms with E-state index in [9.17, 15) is 15.2 Å². The molecule has 1 aromatic heterocycles. The third-order valence-corrected chi connectivity index (χ3v) is 6.26. The van der Waals surface area contributed by atoms with Crippen LogP contribution in [0.3, 0.4) is 0 Å². The molecule has 1 atom stereocenters. The summed E-state index contributed by atoms with van der Waals surface area (Å²) in [7, 11) is 0. The number of carbonyl (C=O) groups is 1. The molecule has 0 fully saturated rings. The molecule has 0 radical (unpaired) electrons. The maximum atomic E-state index is 12.9. The van der Waals surface area contributed by atoms with Gasteiger partial charge in [-0.2, -0.15) is 5.23 Å². The second-order valence-corrected chi connectivity index (χ2v) is 8.16. The van der Waals surface area contributed by atoms with Crippen molar-refractivity contribution in [1.82, 2.24) is 0 Å². The highest BCUT2D eigenvalue weighted by Crippen LogP contribution is 2.38. The third kappa shape index (κ3) is 3.95. The predicted octanol–water partition coefficient (Wildman–Crippen LogP) is 3.97. The SMILES string of the molecule is Cl.O=C1/C(=C/c2ccc(Cl)cc2)Sc2scc(-c3cccc([NH+]([O-])O)c3)[n+]21. The quantitative estimate of drug-likeness (QED) is 0.368. The summed E-state index contributed by atoms with van der Waals surface area (Å²) in [6, 6.07) is 13.9. The van der Waals surface area contributed by atoms with Crippen LogP contribution in [0.25, 0.3) is 17.3 Å². The molecule has 9 heteroatoms. The molecule has 0 saturated carbocycles. The van der Waals surface area contributed by atoms with Crippen LogP contribution in [0.4, 0.5) is 5.69 Å². The van der Waals surface area contributed by atoms with Crippen molar-refractivity contribution >= 4 is 64.8 Å². The number of thiazole rings is 1. The van der Waals surface area contributed by atoms with Crippen LogP contribution < -0.4 is 9.79 Å². The summed E-state index contributed by atoms with van der Waals surface area (Å²) in [6.45, 7) is 0. The third-order valence-electron chi connectivity index (χ3n) is 3.88. The van der Waals surface area contributed by atoms with Gasteiger partial charge >= 0.3 is 10.2 Å². The summed E-state index contributed by atoms with van der Waals surface area (Å²) in [5.41, 5.74) is 2.49. The Bertz CT molecular complexity index is 1030. The lowest BCUT2D eigenvalue weighted by molar-refractivity contribution is -0.991. The number of quaternary nitrogens is 1. The number of carbonyl (C=O) groups excluding carboxylic acids is 1. The number of nitrogens with zero attached hydrogens (tertiary/aromatic N) is 1. The number of fused-ring (bicyclic) bond motifs is 1. The lowest BCUT2D eigenvalue weighted by Gasteiger charge is -2.11. The molecule has 2 aromatic carbocycles. The molecule has 5 nitrogen and oxygen atoms in total. The normalized spacial score (nSPS) is 15.5. The van der Waals surface area contributed by atoms with Crippen LogP contribution >= 0.6 is 47.1 Å². The summed E-state index contributed by atoms with van der Waals surface area (Å²) in [6.07, 6.45) is 1.83. The van der Waals surface area contributed by atoms with Gasteiger partial charge in [0.1, 0.15) is 4.91 Å². The Morgan fingerprint density at radius 1 is 1.19 bits per heavy atom. The molecular weight excluding hydrogens is 427 g/mol. The number of aromatic nitrogens is 1. The number of hydrogen-bond acceptors (Lipinski definition) is 5. The zero-order chi connectivity index (χ0) is 18.3. The summed E-state index contributed by atoms with van der Waals surface area (Å²) < 4.78 is 2.49. The Morgan fingerprint density at radius 3 is 2.63 bits per heavy atom. The van der Waals surface area contributed by atoms with Crippen molar-refractivity contribution in [2.75, 3.05) is 0 Å². The van der Waals surface area contributed by atoms with Gasteiger partial charge in [-0.25, -0.2) is 10.0 Å². The van der Waals surface area contributed by atoms with Gasteiger partial charge in [0.25, 0.3) is 0 Å². The molecule has 27 heavy (non-hydrogen) atoms. The molecule has 2 N–H and O–H groups in total. The fraction of sp³-hybridized carbons (Fsp3) is 0. The van der Waals surface area contributed by atoms with Crippen molar-refractivity contribution in [2.45, 2.75) is 4.34 Å². The molecule has 1 aliphatic heterocycles. The molecule has 2 heterocycles. The van der Waals surface area contributed by atoms with Gasteiger partial charge in [0.05, 0.1) is 10.9 Å². The van der Waals surface area contributed by atoms with E-state index in [4.69, 9.17) is 11.6 Å². The second-order valence-electron chi connectivity index (χ2n) is 5.58. The molecule has 0 bridgehead atoms. The zero-order valence-electron chi connectivity index (χ0n) is 13.6. The molecule has 4 rings (SSSR count).